The first-order valence-electron chi connectivity index (χ1n) is 4.98. The Morgan fingerprint density at radius 2 is 1.88 bits per heavy atom. The Kier molecular flexibility index (Phi) is 2.70. The summed E-state index contributed by atoms with van der Waals surface area (Å²) in [6, 6.07) is 3.96. The van der Waals surface area contributed by atoms with Gasteiger partial charge in [0.15, 0.2) is 0 Å². The monoisotopic (exact) mass is 244 g/mol. The molecule has 0 aliphatic rings. The molecule has 0 bridgehead atoms. The van der Waals surface area contributed by atoms with Gasteiger partial charge in [-0.25, -0.2) is 0 Å². The zero-order valence-electron chi connectivity index (χ0n) is 8.93. The van der Waals surface area contributed by atoms with Crippen LogP contribution in [0.4, 0.5) is 13.2 Å². The number of halogens is 3. The minimum atomic E-state index is -4.25. The Morgan fingerprint density at radius 3 is 2.44 bits per heavy atom. The number of rotatable bonds is 1. The maximum Gasteiger partial charge on any atom is 0.416 e. The van der Waals surface area contributed by atoms with E-state index in [1.165, 1.54) is 17.4 Å². The average molecular weight is 244 g/mol. The largest absolute Gasteiger partial charge is 0.416 e. The summed E-state index contributed by atoms with van der Waals surface area (Å²) in [5, 5.41) is 2.88. The number of hydrogen-bond donors (Lipinski definition) is 0. The van der Waals surface area contributed by atoms with Crippen molar-refractivity contribution in [2.75, 3.05) is 0 Å². The quantitative estimate of drug-likeness (QED) is 0.659. The molecular formula is C12H11F3S. The van der Waals surface area contributed by atoms with Crippen molar-refractivity contribution in [2.24, 2.45) is 0 Å². The van der Waals surface area contributed by atoms with E-state index in [0.29, 0.717) is 10.6 Å². The molecule has 0 amide bonds. The summed E-state index contributed by atoms with van der Waals surface area (Å²) in [6.45, 7) is 4.08. The van der Waals surface area contributed by atoms with Crippen LogP contribution in [0.15, 0.2) is 23.6 Å². The molecule has 0 nitrogen and oxygen atoms in total. The molecule has 0 saturated carbocycles. The van der Waals surface area contributed by atoms with E-state index in [4.69, 9.17) is 0 Å². The first kappa shape index (κ1) is 11.5. The van der Waals surface area contributed by atoms with Crippen LogP contribution in [0.5, 0.6) is 0 Å². The Morgan fingerprint density at radius 1 is 1.19 bits per heavy atom. The molecule has 0 fully saturated rings. The second-order valence-electron chi connectivity index (χ2n) is 4.05. The van der Waals surface area contributed by atoms with Crippen molar-refractivity contribution < 1.29 is 13.2 Å². The van der Waals surface area contributed by atoms with Crippen molar-refractivity contribution in [3.8, 4) is 0 Å². The first-order chi connectivity index (χ1) is 7.39. The highest BCUT2D eigenvalue weighted by atomic mass is 32.1. The molecule has 0 aliphatic carbocycles. The maximum atomic E-state index is 12.5. The van der Waals surface area contributed by atoms with E-state index in [2.05, 4.69) is 0 Å². The van der Waals surface area contributed by atoms with Crippen molar-refractivity contribution in [2.45, 2.75) is 25.9 Å². The van der Waals surface area contributed by atoms with Crippen LogP contribution < -0.4 is 0 Å². The number of fused-ring (bicyclic) bond motifs is 1. The van der Waals surface area contributed by atoms with E-state index in [1.807, 2.05) is 19.2 Å². The molecule has 0 saturated heterocycles. The molecule has 2 rings (SSSR count). The third kappa shape index (κ3) is 1.94. The van der Waals surface area contributed by atoms with Crippen LogP contribution in [0.3, 0.4) is 0 Å². The number of benzene rings is 1. The van der Waals surface area contributed by atoms with Gasteiger partial charge in [0.1, 0.15) is 0 Å². The van der Waals surface area contributed by atoms with Gasteiger partial charge in [0, 0.05) is 4.70 Å². The fourth-order valence-electron chi connectivity index (χ4n) is 1.67. The van der Waals surface area contributed by atoms with Crippen molar-refractivity contribution in [1.29, 1.82) is 0 Å². The predicted molar refractivity (Wildman–Crippen MR) is 60.9 cm³/mol. The van der Waals surface area contributed by atoms with E-state index in [-0.39, 0.29) is 0 Å². The van der Waals surface area contributed by atoms with Crippen LogP contribution in [0.25, 0.3) is 10.1 Å². The van der Waals surface area contributed by atoms with E-state index in [0.717, 1.165) is 17.0 Å². The van der Waals surface area contributed by atoms with E-state index >= 15 is 0 Å². The molecule has 1 aromatic heterocycles. The molecule has 86 valence electrons. The second-order valence-corrected chi connectivity index (χ2v) is 4.97. The lowest BCUT2D eigenvalue weighted by Crippen LogP contribution is -2.03. The van der Waals surface area contributed by atoms with Crippen LogP contribution in [-0.2, 0) is 6.18 Å². The molecule has 1 aromatic carbocycles. The molecule has 0 radical (unpaired) electrons. The van der Waals surface area contributed by atoms with Gasteiger partial charge in [0.25, 0.3) is 0 Å². The van der Waals surface area contributed by atoms with Crippen LogP contribution in [0.2, 0.25) is 0 Å². The van der Waals surface area contributed by atoms with Crippen LogP contribution in [0.1, 0.15) is 30.9 Å². The second kappa shape index (κ2) is 3.77. The molecule has 16 heavy (non-hydrogen) atoms. The van der Waals surface area contributed by atoms with E-state index in [9.17, 15) is 13.2 Å². The molecule has 0 N–H and O–H groups in total. The summed E-state index contributed by atoms with van der Waals surface area (Å²) >= 11 is 1.37. The Hall–Kier alpha value is -1.03. The van der Waals surface area contributed by atoms with Crippen molar-refractivity contribution in [3.63, 3.8) is 0 Å². The molecular weight excluding hydrogens is 233 g/mol. The van der Waals surface area contributed by atoms with Gasteiger partial charge in [-0.05, 0) is 34.4 Å². The smallest absolute Gasteiger partial charge is 0.166 e. The van der Waals surface area contributed by atoms with Gasteiger partial charge in [-0.15, -0.1) is 11.3 Å². The summed E-state index contributed by atoms with van der Waals surface area (Å²) < 4.78 is 38.2. The fourth-order valence-corrected chi connectivity index (χ4v) is 2.83. The lowest BCUT2D eigenvalue weighted by Gasteiger charge is -2.07. The van der Waals surface area contributed by atoms with Crippen molar-refractivity contribution in [1.82, 2.24) is 0 Å². The van der Waals surface area contributed by atoms with Crippen LogP contribution >= 0.6 is 11.3 Å². The molecule has 0 unspecified atom stereocenters. The Bertz CT molecular complexity index is 508. The highest BCUT2D eigenvalue weighted by Gasteiger charge is 2.30. The minimum absolute atomic E-state index is 0.338. The lowest BCUT2D eigenvalue weighted by atomic mass is 10.0. The number of thiophene rings is 1. The lowest BCUT2D eigenvalue weighted by molar-refractivity contribution is -0.137. The number of hydrogen-bond acceptors (Lipinski definition) is 1. The summed E-state index contributed by atoms with van der Waals surface area (Å²) in [7, 11) is 0. The number of alkyl halides is 3. The topological polar surface area (TPSA) is 0 Å². The van der Waals surface area contributed by atoms with Gasteiger partial charge in [0.05, 0.1) is 5.56 Å². The molecule has 0 aliphatic heterocycles. The summed E-state index contributed by atoms with van der Waals surface area (Å²) in [5.41, 5.74) is 0.547. The van der Waals surface area contributed by atoms with E-state index in [1.54, 1.807) is 6.07 Å². The molecule has 1 heterocycles. The van der Waals surface area contributed by atoms with Gasteiger partial charge < -0.3 is 0 Å². The SMILES string of the molecule is CC(C)c1csc2cc(C(F)(F)F)ccc12. The Labute approximate surface area is 95.7 Å². The highest BCUT2D eigenvalue weighted by Crippen LogP contribution is 2.36. The van der Waals surface area contributed by atoms with E-state index < -0.39 is 11.7 Å². The molecule has 2 aromatic rings. The summed E-state index contributed by atoms with van der Waals surface area (Å²) in [5.74, 6) is 0.338. The third-order valence-corrected chi connectivity index (χ3v) is 3.52. The van der Waals surface area contributed by atoms with Crippen LogP contribution in [-0.4, -0.2) is 0 Å². The van der Waals surface area contributed by atoms with Gasteiger partial charge in [-0.1, -0.05) is 19.9 Å². The third-order valence-electron chi connectivity index (χ3n) is 2.55. The fraction of sp³-hybridized carbons (Fsp3) is 0.333. The zero-order valence-corrected chi connectivity index (χ0v) is 9.75. The zero-order chi connectivity index (χ0) is 11.9. The van der Waals surface area contributed by atoms with Gasteiger partial charge in [0.2, 0.25) is 0 Å². The van der Waals surface area contributed by atoms with Crippen molar-refractivity contribution >= 4 is 21.4 Å². The molecule has 4 heteroatoms. The summed E-state index contributed by atoms with van der Waals surface area (Å²) in [4.78, 5) is 0. The van der Waals surface area contributed by atoms with Crippen molar-refractivity contribution in [3.05, 3.63) is 34.7 Å². The average Bonchev–Trinajstić information content (AvgIpc) is 2.58. The van der Waals surface area contributed by atoms with Gasteiger partial charge in [-0.3, -0.25) is 0 Å². The normalized spacial score (nSPS) is 12.6. The highest BCUT2D eigenvalue weighted by molar-refractivity contribution is 7.17. The summed E-state index contributed by atoms with van der Waals surface area (Å²) in [6.07, 6.45) is -4.25. The van der Waals surface area contributed by atoms with Crippen LogP contribution in [0, 0.1) is 0 Å². The van der Waals surface area contributed by atoms with Gasteiger partial charge >= 0.3 is 6.18 Å². The minimum Gasteiger partial charge on any atom is -0.166 e. The molecule has 0 spiro atoms. The predicted octanol–water partition coefficient (Wildman–Crippen LogP) is 5.04. The first-order valence-corrected chi connectivity index (χ1v) is 5.86. The standard InChI is InChI=1S/C12H11F3S/c1-7(2)10-6-16-11-5-8(12(13,14)15)3-4-9(10)11/h3-7H,1-2H3. The molecule has 0 atom stereocenters. The maximum absolute atomic E-state index is 12.5. The van der Waals surface area contributed by atoms with Gasteiger partial charge in [-0.2, -0.15) is 13.2 Å². The Balaban J connectivity index is 2.58.